The molecule has 1 aromatic carbocycles. The van der Waals surface area contributed by atoms with Crippen molar-refractivity contribution >= 4 is 5.91 Å². The Morgan fingerprint density at radius 2 is 2.00 bits per heavy atom. The molecule has 0 bridgehead atoms. The number of aryl methyl sites for hydroxylation is 2. The van der Waals surface area contributed by atoms with E-state index < -0.39 is 0 Å². The zero-order valence-electron chi connectivity index (χ0n) is 10.6. The molecule has 0 unspecified atom stereocenters. The minimum Gasteiger partial charge on any atom is -0.337 e. The number of carbonyl (C=O) groups is 1. The second-order valence-corrected chi connectivity index (χ2v) is 4.62. The summed E-state index contributed by atoms with van der Waals surface area (Å²) in [4.78, 5) is 14.2. The third kappa shape index (κ3) is 2.86. The van der Waals surface area contributed by atoms with Crippen LogP contribution in [0.5, 0.6) is 0 Å². The Hall–Kier alpha value is -1.35. The first-order valence-corrected chi connectivity index (χ1v) is 6.18. The molecule has 0 atom stereocenters. The van der Waals surface area contributed by atoms with Crippen molar-refractivity contribution in [3.63, 3.8) is 0 Å². The second-order valence-electron chi connectivity index (χ2n) is 4.62. The van der Waals surface area contributed by atoms with Crippen LogP contribution < -0.4 is 5.32 Å². The maximum absolute atomic E-state index is 12.3. The van der Waals surface area contributed by atoms with Gasteiger partial charge in [-0.05, 0) is 43.5 Å². The quantitative estimate of drug-likeness (QED) is 0.725. The molecule has 1 aliphatic heterocycles. The van der Waals surface area contributed by atoms with E-state index in [1.165, 1.54) is 11.1 Å². The molecule has 1 radical (unpaired) electrons. The Balaban J connectivity index is 2.14. The molecule has 0 aliphatic carbocycles. The van der Waals surface area contributed by atoms with Gasteiger partial charge in [-0.1, -0.05) is 6.07 Å². The topological polar surface area (TPSA) is 34.4 Å². The predicted octanol–water partition coefficient (Wildman–Crippen LogP) is 1.75. The maximum Gasteiger partial charge on any atom is 0.253 e. The van der Waals surface area contributed by atoms with Gasteiger partial charge in [0.1, 0.15) is 0 Å². The molecule has 3 heteroatoms. The summed E-state index contributed by atoms with van der Waals surface area (Å²) in [5.74, 6) is 0.144. The van der Waals surface area contributed by atoms with E-state index in [4.69, 9.17) is 0 Å². The first-order chi connectivity index (χ1) is 8.18. The van der Waals surface area contributed by atoms with E-state index in [0.717, 1.165) is 38.2 Å². The summed E-state index contributed by atoms with van der Waals surface area (Å²) in [6.45, 7) is 7.35. The van der Waals surface area contributed by atoms with Crippen molar-refractivity contribution < 1.29 is 4.79 Å². The van der Waals surface area contributed by atoms with E-state index in [2.05, 4.69) is 12.2 Å². The van der Waals surface area contributed by atoms with E-state index in [0.29, 0.717) is 0 Å². The molecule has 1 fully saturated rings. The standard InChI is InChI=1S/C14H19N2O/c1-11-4-5-13(10-12(11)2)14(17)16-8-3-6-15-7-9-16/h4-5,10H,3,6-9H2,1-2H3. The van der Waals surface area contributed by atoms with E-state index in [1.807, 2.05) is 30.0 Å². The Kier molecular flexibility index (Phi) is 3.79. The largest absolute Gasteiger partial charge is 0.337 e. The Labute approximate surface area is 103 Å². The van der Waals surface area contributed by atoms with Gasteiger partial charge in [-0.2, -0.15) is 0 Å². The zero-order chi connectivity index (χ0) is 12.3. The molecule has 1 amide bonds. The lowest BCUT2D eigenvalue weighted by molar-refractivity contribution is 0.0766. The number of benzene rings is 1. The highest BCUT2D eigenvalue weighted by atomic mass is 16.2. The van der Waals surface area contributed by atoms with Gasteiger partial charge >= 0.3 is 0 Å². The maximum atomic E-state index is 12.3. The van der Waals surface area contributed by atoms with Crippen LogP contribution in [0.25, 0.3) is 0 Å². The molecular weight excluding hydrogens is 212 g/mol. The van der Waals surface area contributed by atoms with Gasteiger partial charge in [0.15, 0.2) is 0 Å². The molecule has 1 aromatic rings. The smallest absolute Gasteiger partial charge is 0.253 e. The molecule has 1 heterocycles. The van der Waals surface area contributed by atoms with Gasteiger partial charge in [0.05, 0.1) is 0 Å². The van der Waals surface area contributed by atoms with Gasteiger partial charge in [-0.15, -0.1) is 0 Å². The van der Waals surface area contributed by atoms with Gasteiger partial charge in [0.2, 0.25) is 0 Å². The average Bonchev–Trinajstić information content (AvgIpc) is 2.60. The van der Waals surface area contributed by atoms with Crippen LogP contribution in [0.15, 0.2) is 18.2 Å². The summed E-state index contributed by atoms with van der Waals surface area (Å²) in [6.07, 6.45) is 0.983. The number of hydrogen-bond donors (Lipinski definition) is 0. The summed E-state index contributed by atoms with van der Waals surface area (Å²) in [6, 6.07) is 5.93. The summed E-state index contributed by atoms with van der Waals surface area (Å²) in [5, 5.41) is 4.33. The molecule has 17 heavy (non-hydrogen) atoms. The Morgan fingerprint density at radius 3 is 2.76 bits per heavy atom. The van der Waals surface area contributed by atoms with Crippen molar-refractivity contribution in [3.8, 4) is 0 Å². The highest BCUT2D eigenvalue weighted by Crippen LogP contribution is 2.12. The van der Waals surface area contributed by atoms with Crippen molar-refractivity contribution in [2.24, 2.45) is 0 Å². The fraction of sp³-hybridized carbons (Fsp3) is 0.500. The molecule has 1 aliphatic rings. The normalized spacial score (nSPS) is 16.7. The molecule has 3 nitrogen and oxygen atoms in total. The molecule has 0 spiro atoms. The van der Waals surface area contributed by atoms with Crippen molar-refractivity contribution in [3.05, 3.63) is 34.9 Å². The first kappa shape index (κ1) is 12.1. The minimum absolute atomic E-state index is 0.144. The lowest BCUT2D eigenvalue weighted by Crippen LogP contribution is -2.33. The number of hydrogen-bond acceptors (Lipinski definition) is 1. The fourth-order valence-corrected chi connectivity index (χ4v) is 2.05. The van der Waals surface area contributed by atoms with Gasteiger partial charge in [0.25, 0.3) is 5.91 Å². The van der Waals surface area contributed by atoms with Crippen LogP contribution in [0.4, 0.5) is 0 Å². The van der Waals surface area contributed by atoms with Crippen molar-refractivity contribution in [1.29, 1.82) is 0 Å². The summed E-state index contributed by atoms with van der Waals surface area (Å²) in [7, 11) is 0. The van der Waals surface area contributed by atoms with E-state index in [1.54, 1.807) is 0 Å². The molecule has 0 N–H and O–H groups in total. The van der Waals surface area contributed by atoms with Gasteiger partial charge in [-0.25, -0.2) is 5.32 Å². The van der Waals surface area contributed by atoms with Crippen LogP contribution >= 0.6 is 0 Å². The number of rotatable bonds is 1. The van der Waals surface area contributed by atoms with Crippen molar-refractivity contribution in [2.45, 2.75) is 20.3 Å². The highest BCUT2D eigenvalue weighted by molar-refractivity contribution is 5.94. The van der Waals surface area contributed by atoms with E-state index in [9.17, 15) is 4.79 Å². The Bertz CT molecular complexity index is 407. The van der Waals surface area contributed by atoms with Crippen LogP contribution in [0.2, 0.25) is 0 Å². The zero-order valence-corrected chi connectivity index (χ0v) is 10.6. The van der Waals surface area contributed by atoms with Crippen molar-refractivity contribution in [1.82, 2.24) is 10.2 Å². The van der Waals surface area contributed by atoms with Crippen LogP contribution in [0, 0.1) is 13.8 Å². The summed E-state index contributed by atoms with van der Waals surface area (Å²) in [5.41, 5.74) is 3.21. The summed E-state index contributed by atoms with van der Waals surface area (Å²) >= 11 is 0. The third-order valence-electron chi connectivity index (χ3n) is 3.31. The fourth-order valence-electron chi connectivity index (χ4n) is 2.05. The van der Waals surface area contributed by atoms with Crippen molar-refractivity contribution in [2.75, 3.05) is 26.2 Å². The third-order valence-corrected chi connectivity index (χ3v) is 3.31. The predicted molar refractivity (Wildman–Crippen MR) is 68.3 cm³/mol. The van der Waals surface area contributed by atoms with E-state index >= 15 is 0 Å². The molecule has 0 aromatic heterocycles. The van der Waals surface area contributed by atoms with Gasteiger partial charge in [-0.3, -0.25) is 4.79 Å². The number of nitrogens with zero attached hydrogens (tertiary/aromatic N) is 2. The second kappa shape index (κ2) is 5.32. The number of amides is 1. The lowest BCUT2D eigenvalue weighted by Gasteiger charge is -2.20. The van der Waals surface area contributed by atoms with Gasteiger partial charge < -0.3 is 4.90 Å². The highest BCUT2D eigenvalue weighted by Gasteiger charge is 2.17. The van der Waals surface area contributed by atoms with Crippen LogP contribution in [-0.2, 0) is 0 Å². The minimum atomic E-state index is 0.144. The van der Waals surface area contributed by atoms with E-state index in [-0.39, 0.29) is 5.91 Å². The monoisotopic (exact) mass is 231 g/mol. The number of carbonyl (C=O) groups excluding carboxylic acids is 1. The van der Waals surface area contributed by atoms with Crippen LogP contribution in [0.3, 0.4) is 0 Å². The SMILES string of the molecule is Cc1ccc(C(=O)N2CCC[N]CC2)cc1C. The molecule has 0 saturated carbocycles. The molecular formula is C14H19N2O. The van der Waals surface area contributed by atoms with Crippen LogP contribution in [-0.4, -0.2) is 37.0 Å². The molecule has 2 rings (SSSR count). The lowest BCUT2D eigenvalue weighted by atomic mass is 10.1. The van der Waals surface area contributed by atoms with Crippen LogP contribution in [0.1, 0.15) is 27.9 Å². The van der Waals surface area contributed by atoms with Gasteiger partial charge in [0, 0.05) is 31.7 Å². The average molecular weight is 231 g/mol. The first-order valence-electron chi connectivity index (χ1n) is 6.18. The Morgan fingerprint density at radius 1 is 1.18 bits per heavy atom. The molecule has 91 valence electrons. The summed E-state index contributed by atoms with van der Waals surface area (Å²) < 4.78 is 0. The molecule has 1 saturated heterocycles.